The minimum Gasteiger partial charge on any atom is -0.495 e. The Kier molecular flexibility index (Phi) is 4.89. The fourth-order valence-electron chi connectivity index (χ4n) is 1.62. The van der Waals surface area contributed by atoms with Gasteiger partial charge in [-0.15, -0.1) is 11.8 Å². The molecule has 0 bridgehead atoms. The number of ether oxygens (including phenoxy) is 1. The highest BCUT2D eigenvalue weighted by Crippen LogP contribution is 2.27. The molecule has 0 saturated carbocycles. The quantitative estimate of drug-likeness (QED) is 0.765. The molecule has 0 radical (unpaired) electrons. The van der Waals surface area contributed by atoms with Crippen LogP contribution in [0.4, 0.5) is 0 Å². The topological polar surface area (TPSA) is 33.0 Å². The van der Waals surface area contributed by atoms with Gasteiger partial charge in [0.15, 0.2) is 0 Å². The zero-order chi connectivity index (χ0) is 13.7. The van der Waals surface area contributed by atoms with Crippen LogP contribution in [0.5, 0.6) is 5.75 Å². The standard InChI is InChI=1S/C15H12BrNOS/c1-18-15-8-11(2-3-12(15)9-17)10-19-14-6-4-13(16)5-7-14/h2-8H,10H2,1H3. The molecule has 2 nitrogen and oxygen atoms in total. The second-order valence-electron chi connectivity index (χ2n) is 3.89. The molecule has 0 atom stereocenters. The van der Waals surface area contributed by atoms with Crippen molar-refractivity contribution in [1.82, 2.24) is 0 Å². The van der Waals surface area contributed by atoms with E-state index in [2.05, 4.69) is 34.1 Å². The van der Waals surface area contributed by atoms with Gasteiger partial charge in [-0.25, -0.2) is 0 Å². The van der Waals surface area contributed by atoms with Gasteiger partial charge in [-0.2, -0.15) is 5.26 Å². The van der Waals surface area contributed by atoms with Crippen molar-refractivity contribution in [2.75, 3.05) is 7.11 Å². The van der Waals surface area contributed by atoms with Gasteiger partial charge in [0.2, 0.25) is 0 Å². The van der Waals surface area contributed by atoms with E-state index in [4.69, 9.17) is 10.00 Å². The number of nitrogens with zero attached hydrogens (tertiary/aromatic N) is 1. The molecular formula is C15H12BrNOS. The van der Waals surface area contributed by atoms with E-state index in [-0.39, 0.29) is 0 Å². The number of nitriles is 1. The molecule has 0 saturated heterocycles. The van der Waals surface area contributed by atoms with Crippen LogP contribution in [0.3, 0.4) is 0 Å². The van der Waals surface area contributed by atoms with E-state index in [1.165, 1.54) is 4.90 Å². The van der Waals surface area contributed by atoms with Crippen molar-refractivity contribution in [2.24, 2.45) is 0 Å². The highest BCUT2D eigenvalue weighted by Gasteiger charge is 2.04. The van der Waals surface area contributed by atoms with Crippen LogP contribution in [0.25, 0.3) is 0 Å². The Hall–Kier alpha value is -1.44. The third-order valence-electron chi connectivity index (χ3n) is 2.61. The highest BCUT2D eigenvalue weighted by atomic mass is 79.9. The van der Waals surface area contributed by atoms with Crippen LogP contribution in [-0.2, 0) is 5.75 Å². The summed E-state index contributed by atoms with van der Waals surface area (Å²) < 4.78 is 6.29. The van der Waals surface area contributed by atoms with Gasteiger partial charge in [0.1, 0.15) is 11.8 Å². The van der Waals surface area contributed by atoms with E-state index in [0.717, 1.165) is 15.8 Å². The summed E-state index contributed by atoms with van der Waals surface area (Å²) >= 11 is 5.18. The molecular weight excluding hydrogens is 322 g/mol. The smallest absolute Gasteiger partial charge is 0.136 e. The molecule has 2 aromatic carbocycles. The summed E-state index contributed by atoms with van der Waals surface area (Å²) in [6.45, 7) is 0. The summed E-state index contributed by atoms with van der Waals surface area (Å²) in [4.78, 5) is 1.21. The maximum absolute atomic E-state index is 8.93. The highest BCUT2D eigenvalue weighted by molar-refractivity contribution is 9.10. The Morgan fingerprint density at radius 1 is 1.21 bits per heavy atom. The first kappa shape index (κ1) is 14.0. The van der Waals surface area contributed by atoms with Gasteiger partial charge in [-0.3, -0.25) is 0 Å². The molecule has 0 amide bonds. The summed E-state index contributed by atoms with van der Waals surface area (Å²) in [6, 6.07) is 16.0. The Bertz CT molecular complexity index is 605. The zero-order valence-corrected chi connectivity index (χ0v) is 12.8. The third kappa shape index (κ3) is 3.76. The normalized spacial score (nSPS) is 9.95. The maximum Gasteiger partial charge on any atom is 0.136 e. The van der Waals surface area contributed by atoms with Crippen molar-refractivity contribution < 1.29 is 4.74 Å². The minimum atomic E-state index is 0.569. The Morgan fingerprint density at radius 3 is 2.58 bits per heavy atom. The first-order valence-corrected chi connectivity index (χ1v) is 7.46. The number of thioether (sulfide) groups is 1. The van der Waals surface area contributed by atoms with E-state index in [0.29, 0.717) is 11.3 Å². The van der Waals surface area contributed by atoms with E-state index in [1.807, 2.05) is 24.3 Å². The average molecular weight is 334 g/mol. The van der Waals surface area contributed by atoms with Gasteiger partial charge in [0.25, 0.3) is 0 Å². The lowest BCUT2D eigenvalue weighted by Gasteiger charge is -2.06. The van der Waals surface area contributed by atoms with Crippen molar-refractivity contribution in [3.8, 4) is 11.8 Å². The summed E-state index contributed by atoms with van der Waals surface area (Å²) in [6.07, 6.45) is 0. The van der Waals surface area contributed by atoms with Gasteiger partial charge in [-0.05, 0) is 42.0 Å². The Morgan fingerprint density at radius 2 is 1.95 bits per heavy atom. The number of hydrogen-bond donors (Lipinski definition) is 0. The predicted octanol–water partition coefficient (Wildman–Crippen LogP) is 4.62. The maximum atomic E-state index is 8.93. The molecule has 19 heavy (non-hydrogen) atoms. The van der Waals surface area contributed by atoms with Crippen molar-refractivity contribution in [2.45, 2.75) is 10.6 Å². The Balaban J connectivity index is 2.07. The van der Waals surface area contributed by atoms with Crippen LogP contribution in [0, 0.1) is 11.3 Å². The lowest BCUT2D eigenvalue weighted by atomic mass is 10.1. The molecule has 4 heteroatoms. The van der Waals surface area contributed by atoms with Gasteiger partial charge in [-0.1, -0.05) is 22.0 Å². The fourth-order valence-corrected chi connectivity index (χ4v) is 2.72. The molecule has 0 aromatic heterocycles. The second kappa shape index (κ2) is 6.65. The number of rotatable bonds is 4. The third-order valence-corrected chi connectivity index (χ3v) is 4.22. The first-order chi connectivity index (χ1) is 9.22. The van der Waals surface area contributed by atoms with Crippen LogP contribution in [0.15, 0.2) is 51.8 Å². The number of benzene rings is 2. The molecule has 0 N–H and O–H groups in total. The van der Waals surface area contributed by atoms with Gasteiger partial charge in [0.05, 0.1) is 12.7 Å². The van der Waals surface area contributed by atoms with Crippen LogP contribution >= 0.6 is 27.7 Å². The van der Waals surface area contributed by atoms with Crippen molar-refractivity contribution in [3.05, 3.63) is 58.1 Å². The molecule has 96 valence electrons. The lowest BCUT2D eigenvalue weighted by molar-refractivity contribution is 0.413. The van der Waals surface area contributed by atoms with Gasteiger partial charge in [0, 0.05) is 15.1 Å². The molecule has 0 aliphatic carbocycles. The largest absolute Gasteiger partial charge is 0.495 e. The van der Waals surface area contributed by atoms with E-state index in [1.54, 1.807) is 24.9 Å². The molecule has 2 aromatic rings. The molecule has 0 aliphatic rings. The summed E-state index contributed by atoms with van der Waals surface area (Å²) in [5.74, 6) is 1.49. The molecule has 0 fully saturated rings. The van der Waals surface area contributed by atoms with Crippen molar-refractivity contribution in [3.63, 3.8) is 0 Å². The van der Waals surface area contributed by atoms with Gasteiger partial charge < -0.3 is 4.74 Å². The van der Waals surface area contributed by atoms with E-state index < -0.39 is 0 Å². The predicted molar refractivity (Wildman–Crippen MR) is 81.4 cm³/mol. The van der Waals surface area contributed by atoms with E-state index in [9.17, 15) is 0 Å². The zero-order valence-electron chi connectivity index (χ0n) is 10.4. The lowest BCUT2D eigenvalue weighted by Crippen LogP contribution is -1.90. The average Bonchev–Trinajstić information content (AvgIpc) is 2.46. The summed E-state index contributed by atoms with van der Waals surface area (Å²) in [7, 11) is 1.59. The SMILES string of the molecule is COc1cc(CSc2ccc(Br)cc2)ccc1C#N. The number of hydrogen-bond acceptors (Lipinski definition) is 3. The number of methoxy groups -OCH3 is 1. The molecule has 0 aliphatic heterocycles. The van der Waals surface area contributed by atoms with Crippen LogP contribution in [-0.4, -0.2) is 7.11 Å². The van der Waals surface area contributed by atoms with Gasteiger partial charge >= 0.3 is 0 Å². The van der Waals surface area contributed by atoms with Crippen LogP contribution < -0.4 is 4.74 Å². The second-order valence-corrected chi connectivity index (χ2v) is 5.85. The molecule has 2 rings (SSSR count). The van der Waals surface area contributed by atoms with Crippen molar-refractivity contribution in [1.29, 1.82) is 5.26 Å². The first-order valence-electron chi connectivity index (χ1n) is 5.68. The molecule has 0 unspecified atom stereocenters. The fraction of sp³-hybridized carbons (Fsp3) is 0.133. The number of halogens is 1. The van der Waals surface area contributed by atoms with Crippen LogP contribution in [0.2, 0.25) is 0 Å². The molecule has 0 spiro atoms. The van der Waals surface area contributed by atoms with Crippen LogP contribution in [0.1, 0.15) is 11.1 Å². The summed E-state index contributed by atoms with van der Waals surface area (Å²) in [5.41, 5.74) is 1.71. The summed E-state index contributed by atoms with van der Waals surface area (Å²) in [5, 5.41) is 8.93. The monoisotopic (exact) mass is 333 g/mol. The van der Waals surface area contributed by atoms with Crippen molar-refractivity contribution >= 4 is 27.7 Å². The Labute approximate surface area is 125 Å². The molecule has 0 heterocycles. The minimum absolute atomic E-state index is 0.569. The van der Waals surface area contributed by atoms with E-state index >= 15 is 0 Å².